The van der Waals surface area contributed by atoms with Gasteiger partial charge in [0.15, 0.2) is 0 Å². The maximum Gasteiger partial charge on any atom is 0.347 e. The molecule has 0 bridgehead atoms. The highest BCUT2D eigenvalue weighted by molar-refractivity contribution is 7.14. The van der Waals surface area contributed by atoms with E-state index in [1.165, 1.54) is 12.1 Å². The highest BCUT2D eigenvalue weighted by atomic mass is 32.1. The van der Waals surface area contributed by atoms with Crippen LogP contribution in [0.1, 0.15) is 45.6 Å². The SMILES string of the molecule is CC(C)N.Cc1nc(/C=C/c2c(C)nnn2-c2ccc(F)cc2)sc1C(=O)O. The van der Waals surface area contributed by atoms with Crippen molar-refractivity contribution in [2.24, 2.45) is 5.73 Å². The normalized spacial score (nSPS) is 11.0. The first-order chi connectivity index (χ1) is 13.2. The van der Waals surface area contributed by atoms with Crippen LogP contribution in [0.3, 0.4) is 0 Å². The van der Waals surface area contributed by atoms with Crippen molar-refractivity contribution >= 4 is 29.5 Å². The topological polar surface area (TPSA) is 107 Å². The lowest BCUT2D eigenvalue weighted by Crippen LogP contribution is -2.06. The fourth-order valence-corrected chi connectivity index (χ4v) is 2.97. The van der Waals surface area contributed by atoms with E-state index in [1.54, 1.807) is 35.9 Å². The van der Waals surface area contributed by atoms with Gasteiger partial charge in [0.1, 0.15) is 15.7 Å². The highest BCUT2D eigenvalue weighted by Gasteiger charge is 2.13. The molecule has 3 N–H and O–H groups in total. The van der Waals surface area contributed by atoms with Crippen LogP contribution in [-0.4, -0.2) is 37.1 Å². The lowest BCUT2D eigenvalue weighted by atomic mass is 10.2. The first-order valence-corrected chi connectivity index (χ1v) is 9.33. The van der Waals surface area contributed by atoms with E-state index < -0.39 is 5.97 Å². The first-order valence-electron chi connectivity index (χ1n) is 8.51. The molecule has 2 heterocycles. The number of carboxylic acid groups (broad SMARTS) is 1. The van der Waals surface area contributed by atoms with Gasteiger partial charge in [0.05, 0.1) is 22.8 Å². The van der Waals surface area contributed by atoms with Gasteiger partial charge in [-0.05, 0) is 56.3 Å². The van der Waals surface area contributed by atoms with Crippen molar-refractivity contribution in [2.45, 2.75) is 33.7 Å². The zero-order chi connectivity index (χ0) is 20.8. The van der Waals surface area contributed by atoms with Gasteiger partial charge in [-0.15, -0.1) is 16.4 Å². The van der Waals surface area contributed by atoms with Crippen molar-refractivity contribution in [1.82, 2.24) is 20.0 Å². The maximum absolute atomic E-state index is 13.1. The number of rotatable bonds is 4. The zero-order valence-electron chi connectivity index (χ0n) is 16.0. The van der Waals surface area contributed by atoms with Crippen LogP contribution in [0.4, 0.5) is 4.39 Å². The van der Waals surface area contributed by atoms with Gasteiger partial charge in [-0.3, -0.25) is 0 Å². The average Bonchev–Trinajstić information content (AvgIpc) is 3.16. The Bertz CT molecular complexity index is 974. The van der Waals surface area contributed by atoms with Gasteiger partial charge in [0.25, 0.3) is 0 Å². The van der Waals surface area contributed by atoms with Crippen molar-refractivity contribution in [3.05, 3.63) is 57.0 Å². The molecule has 0 aliphatic carbocycles. The van der Waals surface area contributed by atoms with Crippen molar-refractivity contribution in [3.63, 3.8) is 0 Å². The third kappa shape index (κ3) is 5.54. The molecule has 0 aliphatic rings. The predicted molar refractivity (Wildman–Crippen MR) is 108 cm³/mol. The number of carbonyl (C=O) groups is 1. The monoisotopic (exact) mass is 403 g/mol. The van der Waals surface area contributed by atoms with Gasteiger partial charge in [-0.25, -0.2) is 18.9 Å². The molecule has 0 fully saturated rings. The second kappa shape index (κ2) is 9.34. The fourth-order valence-electron chi connectivity index (χ4n) is 2.17. The minimum absolute atomic E-state index is 0.219. The predicted octanol–water partition coefficient (Wildman–Crippen LogP) is 3.70. The summed E-state index contributed by atoms with van der Waals surface area (Å²) in [5.41, 5.74) is 7.68. The maximum atomic E-state index is 13.1. The number of hydrogen-bond donors (Lipinski definition) is 2. The summed E-state index contributed by atoms with van der Waals surface area (Å²) >= 11 is 1.10. The summed E-state index contributed by atoms with van der Waals surface area (Å²) in [4.78, 5) is 15.5. The van der Waals surface area contributed by atoms with Gasteiger partial charge in [-0.1, -0.05) is 19.1 Å². The average molecular weight is 403 g/mol. The van der Waals surface area contributed by atoms with Crippen LogP contribution in [0.15, 0.2) is 24.3 Å². The third-order valence-electron chi connectivity index (χ3n) is 3.35. The first kappa shape index (κ1) is 21.4. The number of nitrogens with zero attached hydrogens (tertiary/aromatic N) is 4. The summed E-state index contributed by atoms with van der Waals surface area (Å²) in [6.07, 6.45) is 3.48. The molecule has 28 heavy (non-hydrogen) atoms. The molecule has 9 heteroatoms. The molecule has 0 radical (unpaired) electrons. The molecular weight excluding hydrogens is 381 g/mol. The molecule has 7 nitrogen and oxygen atoms in total. The molecule has 2 aromatic heterocycles. The Morgan fingerprint density at radius 1 is 1.21 bits per heavy atom. The Labute approximate surface area is 166 Å². The second-order valence-corrected chi connectivity index (χ2v) is 7.33. The van der Waals surface area contributed by atoms with Crippen LogP contribution in [-0.2, 0) is 0 Å². The van der Waals surface area contributed by atoms with Gasteiger partial charge < -0.3 is 10.8 Å². The Kier molecular flexibility index (Phi) is 7.13. The lowest BCUT2D eigenvalue weighted by molar-refractivity contribution is 0.0701. The second-order valence-electron chi connectivity index (χ2n) is 6.30. The zero-order valence-corrected chi connectivity index (χ0v) is 16.9. The molecular formula is C19H22FN5O2S. The number of benzene rings is 1. The van der Waals surface area contributed by atoms with Gasteiger partial charge in [0, 0.05) is 0 Å². The van der Waals surface area contributed by atoms with E-state index in [0.717, 1.165) is 11.3 Å². The summed E-state index contributed by atoms with van der Waals surface area (Å²) < 4.78 is 14.7. The minimum Gasteiger partial charge on any atom is -0.477 e. The van der Waals surface area contributed by atoms with Crippen molar-refractivity contribution in [2.75, 3.05) is 0 Å². The van der Waals surface area contributed by atoms with Crippen molar-refractivity contribution in [1.29, 1.82) is 0 Å². The van der Waals surface area contributed by atoms with E-state index in [4.69, 9.17) is 10.8 Å². The Morgan fingerprint density at radius 3 is 2.36 bits per heavy atom. The summed E-state index contributed by atoms with van der Waals surface area (Å²) in [6.45, 7) is 7.36. The molecule has 0 aliphatic heterocycles. The van der Waals surface area contributed by atoms with Gasteiger partial charge >= 0.3 is 5.97 Å². The van der Waals surface area contributed by atoms with E-state index >= 15 is 0 Å². The summed E-state index contributed by atoms with van der Waals surface area (Å²) in [7, 11) is 0. The Morgan fingerprint density at radius 2 is 1.82 bits per heavy atom. The van der Waals surface area contributed by atoms with E-state index in [9.17, 15) is 9.18 Å². The minimum atomic E-state index is -0.987. The smallest absolute Gasteiger partial charge is 0.347 e. The molecule has 1 aromatic carbocycles. The number of thiazole rings is 1. The number of hydrogen-bond acceptors (Lipinski definition) is 6. The molecule has 148 valence electrons. The molecule has 0 atom stereocenters. The molecule has 0 unspecified atom stereocenters. The molecule has 3 aromatic rings. The van der Waals surface area contributed by atoms with Crippen LogP contribution in [0.5, 0.6) is 0 Å². The van der Waals surface area contributed by atoms with Gasteiger partial charge in [0.2, 0.25) is 0 Å². The Balaban J connectivity index is 0.000000640. The number of carboxylic acids is 1. The standard InChI is InChI=1S/C16H13FN4O2S.C3H9N/c1-9-13(7-8-14-18-10(2)15(24-14)16(22)23)21(20-19-9)12-5-3-11(17)4-6-12;1-3(2)4/h3-8H,1-2H3,(H,22,23);3H,4H2,1-2H3/b8-7+;. The molecule has 3 rings (SSSR count). The van der Waals surface area contributed by atoms with Crippen LogP contribution in [0, 0.1) is 19.7 Å². The van der Waals surface area contributed by atoms with Crippen molar-refractivity contribution < 1.29 is 14.3 Å². The van der Waals surface area contributed by atoms with E-state index in [1.807, 2.05) is 20.8 Å². The van der Waals surface area contributed by atoms with Crippen LogP contribution in [0.25, 0.3) is 17.8 Å². The third-order valence-corrected chi connectivity index (χ3v) is 4.46. The lowest BCUT2D eigenvalue weighted by Gasteiger charge is -2.03. The summed E-state index contributed by atoms with van der Waals surface area (Å²) in [5.74, 6) is -1.31. The summed E-state index contributed by atoms with van der Waals surface area (Å²) in [5, 5.41) is 17.8. The Hall–Kier alpha value is -2.91. The molecule has 0 spiro atoms. The van der Waals surface area contributed by atoms with E-state index in [0.29, 0.717) is 33.8 Å². The number of aryl methyl sites for hydroxylation is 2. The van der Waals surface area contributed by atoms with Gasteiger partial charge in [-0.2, -0.15) is 0 Å². The van der Waals surface area contributed by atoms with Crippen LogP contribution in [0.2, 0.25) is 0 Å². The number of halogens is 1. The van der Waals surface area contributed by atoms with Crippen LogP contribution < -0.4 is 5.73 Å². The summed E-state index contributed by atoms with van der Waals surface area (Å²) in [6, 6.07) is 6.25. The fraction of sp³-hybridized carbons (Fsp3) is 0.263. The van der Waals surface area contributed by atoms with Crippen molar-refractivity contribution in [3.8, 4) is 5.69 Å². The quantitative estimate of drug-likeness (QED) is 0.688. The van der Waals surface area contributed by atoms with E-state index in [-0.39, 0.29) is 10.7 Å². The number of nitrogens with two attached hydrogens (primary N) is 1. The van der Waals surface area contributed by atoms with Crippen LogP contribution >= 0.6 is 11.3 Å². The molecule has 0 amide bonds. The largest absolute Gasteiger partial charge is 0.477 e. The number of aromatic nitrogens is 4. The highest BCUT2D eigenvalue weighted by Crippen LogP contribution is 2.21. The molecule has 0 saturated carbocycles. The number of aromatic carboxylic acids is 1. The molecule has 0 saturated heterocycles. The van der Waals surface area contributed by atoms with E-state index in [2.05, 4.69) is 15.3 Å².